The number of halogens is 4. The first-order chi connectivity index (χ1) is 11.9. The highest BCUT2D eigenvalue weighted by Crippen LogP contribution is 2.44. The lowest BCUT2D eigenvalue weighted by molar-refractivity contribution is 0.0636. The van der Waals surface area contributed by atoms with Crippen LogP contribution in [0, 0.1) is 0 Å². The number of unbranched alkanes of at least 4 members (excludes halogenated alkanes) is 1. The maximum absolute atomic E-state index is 12.7. The van der Waals surface area contributed by atoms with Crippen molar-refractivity contribution in [1.82, 2.24) is 25.1 Å². The number of hydrogen-bond donors (Lipinski definition) is 0. The SMILES string of the molecule is CCCCn1nnnc1CN1C(=O)c2c(Cl)c(Cl)c(Cl)c(Cl)c2C1=O. The van der Waals surface area contributed by atoms with Gasteiger partial charge in [-0.2, -0.15) is 0 Å². The molecule has 0 N–H and O–H groups in total. The number of carbonyl (C=O) groups is 2. The Hall–Kier alpha value is -1.41. The maximum Gasteiger partial charge on any atom is 0.263 e. The van der Waals surface area contributed by atoms with Crippen molar-refractivity contribution in [3.8, 4) is 0 Å². The number of amides is 2. The molecule has 1 aliphatic heterocycles. The smallest absolute Gasteiger partial charge is 0.263 e. The monoisotopic (exact) mass is 421 g/mol. The van der Waals surface area contributed by atoms with Crippen molar-refractivity contribution in [2.45, 2.75) is 32.9 Å². The molecule has 132 valence electrons. The second kappa shape index (κ2) is 7.07. The molecule has 0 spiro atoms. The molecule has 7 nitrogen and oxygen atoms in total. The van der Waals surface area contributed by atoms with Crippen LogP contribution >= 0.6 is 46.4 Å². The van der Waals surface area contributed by atoms with Crippen molar-refractivity contribution < 1.29 is 9.59 Å². The Bertz CT molecular complexity index is 836. The Balaban J connectivity index is 1.98. The summed E-state index contributed by atoms with van der Waals surface area (Å²) in [6.45, 7) is 2.51. The van der Waals surface area contributed by atoms with Gasteiger partial charge in [-0.3, -0.25) is 14.5 Å². The zero-order valence-corrected chi connectivity index (χ0v) is 15.9. The summed E-state index contributed by atoms with van der Waals surface area (Å²) in [5.74, 6) is -0.849. The van der Waals surface area contributed by atoms with E-state index in [2.05, 4.69) is 15.5 Å². The molecule has 0 bridgehead atoms. The van der Waals surface area contributed by atoms with E-state index in [1.807, 2.05) is 6.92 Å². The number of carbonyl (C=O) groups excluding carboxylic acids is 2. The maximum atomic E-state index is 12.7. The highest BCUT2D eigenvalue weighted by Gasteiger charge is 2.42. The first-order valence-electron chi connectivity index (χ1n) is 7.35. The van der Waals surface area contributed by atoms with Crippen molar-refractivity contribution in [2.75, 3.05) is 0 Å². The normalized spacial score (nSPS) is 13.7. The molecule has 3 rings (SSSR count). The molecule has 0 unspecified atom stereocenters. The number of aryl methyl sites for hydroxylation is 1. The van der Waals surface area contributed by atoms with Gasteiger partial charge >= 0.3 is 0 Å². The standard InChI is InChI=1S/C14H11Cl4N5O2/c1-2-3-4-23-6(19-20-21-23)5-22-13(24)7-8(14(22)25)10(16)12(18)11(17)9(7)15/h2-5H2,1H3. The van der Waals surface area contributed by atoms with Crippen molar-refractivity contribution in [3.63, 3.8) is 0 Å². The average Bonchev–Trinajstić information content (AvgIpc) is 3.13. The molecule has 0 aliphatic carbocycles. The summed E-state index contributed by atoms with van der Waals surface area (Å²) >= 11 is 24.2. The van der Waals surface area contributed by atoms with Crippen LogP contribution in [0.3, 0.4) is 0 Å². The molecule has 2 heterocycles. The number of tetrazole rings is 1. The molecule has 11 heteroatoms. The van der Waals surface area contributed by atoms with Crippen LogP contribution in [0.5, 0.6) is 0 Å². The van der Waals surface area contributed by atoms with Crippen LogP contribution in [0.2, 0.25) is 20.1 Å². The number of fused-ring (bicyclic) bond motifs is 1. The van der Waals surface area contributed by atoms with Crippen LogP contribution < -0.4 is 0 Å². The zero-order valence-electron chi connectivity index (χ0n) is 12.9. The third-order valence-corrected chi connectivity index (χ3v) is 5.62. The van der Waals surface area contributed by atoms with Crippen molar-refractivity contribution in [2.24, 2.45) is 0 Å². The predicted octanol–water partition coefficient (Wildman–Crippen LogP) is 3.88. The van der Waals surface area contributed by atoms with E-state index in [4.69, 9.17) is 46.4 Å². The van der Waals surface area contributed by atoms with E-state index in [0.29, 0.717) is 12.4 Å². The Morgan fingerprint density at radius 1 is 0.920 bits per heavy atom. The van der Waals surface area contributed by atoms with Crippen molar-refractivity contribution in [1.29, 1.82) is 0 Å². The van der Waals surface area contributed by atoms with E-state index in [1.54, 1.807) is 4.68 Å². The highest BCUT2D eigenvalue weighted by atomic mass is 35.5. The predicted molar refractivity (Wildman–Crippen MR) is 93.4 cm³/mol. The molecule has 2 amide bonds. The summed E-state index contributed by atoms with van der Waals surface area (Å²) in [6.07, 6.45) is 1.82. The van der Waals surface area contributed by atoms with Crippen LogP contribution in [0.25, 0.3) is 0 Å². The Kier molecular flexibility index (Phi) is 5.20. The molecule has 2 aromatic rings. The van der Waals surface area contributed by atoms with E-state index >= 15 is 0 Å². The summed E-state index contributed by atoms with van der Waals surface area (Å²) < 4.78 is 1.55. The number of rotatable bonds is 5. The van der Waals surface area contributed by atoms with Gasteiger partial charge in [-0.15, -0.1) is 5.10 Å². The molecular weight excluding hydrogens is 412 g/mol. The minimum absolute atomic E-state index is 0.0568. The van der Waals surface area contributed by atoms with Crippen LogP contribution in [-0.4, -0.2) is 36.9 Å². The summed E-state index contributed by atoms with van der Waals surface area (Å²) in [4.78, 5) is 26.3. The molecule has 0 radical (unpaired) electrons. The van der Waals surface area contributed by atoms with Gasteiger partial charge in [-0.05, 0) is 16.8 Å². The summed E-state index contributed by atoms with van der Waals surface area (Å²) in [6, 6.07) is 0. The molecular formula is C14H11Cl4N5O2. The van der Waals surface area contributed by atoms with Gasteiger partial charge in [0.05, 0.1) is 37.8 Å². The third-order valence-electron chi connectivity index (χ3n) is 3.81. The number of aromatic nitrogens is 4. The number of hydrogen-bond acceptors (Lipinski definition) is 5. The van der Waals surface area contributed by atoms with E-state index in [0.717, 1.165) is 17.7 Å². The fourth-order valence-electron chi connectivity index (χ4n) is 2.50. The van der Waals surface area contributed by atoms with Crippen LogP contribution in [0.4, 0.5) is 0 Å². The third kappa shape index (κ3) is 2.99. The lowest BCUT2D eigenvalue weighted by atomic mass is 10.1. The molecule has 0 atom stereocenters. The second-order valence-electron chi connectivity index (χ2n) is 5.37. The fourth-order valence-corrected chi connectivity index (χ4v) is 3.51. The summed E-state index contributed by atoms with van der Waals surface area (Å²) in [5.41, 5.74) is -0.114. The number of imide groups is 1. The topological polar surface area (TPSA) is 81.0 Å². The largest absolute Gasteiger partial charge is 0.268 e. The van der Waals surface area contributed by atoms with Crippen molar-refractivity contribution in [3.05, 3.63) is 37.0 Å². The van der Waals surface area contributed by atoms with Crippen LogP contribution in [0.15, 0.2) is 0 Å². The zero-order chi connectivity index (χ0) is 18.3. The van der Waals surface area contributed by atoms with Gasteiger partial charge < -0.3 is 0 Å². The fraction of sp³-hybridized carbons (Fsp3) is 0.357. The summed E-state index contributed by atoms with van der Waals surface area (Å²) in [7, 11) is 0. The molecule has 1 aliphatic rings. The first-order valence-corrected chi connectivity index (χ1v) is 8.86. The molecule has 1 aromatic carbocycles. The van der Waals surface area contributed by atoms with Crippen LogP contribution in [0.1, 0.15) is 46.3 Å². The molecule has 1 aromatic heterocycles. The van der Waals surface area contributed by atoms with E-state index in [1.165, 1.54) is 0 Å². The highest BCUT2D eigenvalue weighted by molar-refractivity contribution is 6.55. The van der Waals surface area contributed by atoms with Gasteiger partial charge in [-0.1, -0.05) is 59.7 Å². The Morgan fingerprint density at radius 3 is 2.00 bits per heavy atom. The Morgan fingerprint density at radius 2 is 1.48 bits per heavy atom. The van der Waals surface area contributed by atoms with E-state index < -0.39 is 11.8 Å². The lowest BCUT2D eigenvalue weighted by Crippen LogP contribution is -2.30. The molecule has 0 fully saturated rings. The van der Waals surface area contributed by atoms with Crippen LogP contribution in [-0.2, 0) is 13.1 Å². The van der Waals surface area contributed by atoms with Gasteiger partial charge in [0, 0.05) is 6.54 Å². The quantitative estimate of drug-likeness (QED) is 0.414. The van der Waals surface area contributed by atoms with Gasteiger partial charge in [-0.25, -0.2) is 4.68 Å². The first kappa shape index (κ1) is 18.4. The minimum atomic E-state index is -0.615. The second-order valence-corrected chi connectivity index (χ2v) is 6.89. The van der Waals surface area contributed by atoms with Gasteiger partial charge in [0.25, 0.3) is 11.8 Å². The number of benzene rings is 1. The minimum Gasteiger partial charge on any atom is -0.268 e. The van der Waals surface area contributed by atoms with Gasteiger partial charge in [0.1, 0.15) is 0 Å². The Labute approximate surface area is 162 Å². The van der Waals surface area contributed by atoms with E-state index in [-0.39, 0.29) is 37.8 Å². The molecule has 25 heavy (non-hydrogen) atoms. The summed E-state index contributed by atoms with van der Waals surface area (Å²) in [5, 5.41) is 11.0. The number of nitrogens with zero attached hydrogens (tertiary/aromatic N) is 5. The van der Waals surface area contributed by atoms with Crippen molar-refractivity contribution >= 4 is 58.2 Å². The van der Waals surface area contributed by atoms with E-state index in [9.17, 15) is 9.59 Å². The lowest BCUT2D eigenvalue weighted by Gasteiger charge is -2.13. The average molecular weight is 423 g/mol. The molecule has 0 saturated heterocycles. The van der Waals surface area contributed by atoms with Gasteiger partial charge in [0.15, 0.2) is 5.82 Å². The molecule has 0 saturated carbocycles. The van der Waals surface area contributed by atoms with Gasteiger partial charge in [0.2, 0.25) is 0 Å².